The van der Waals surface area contributed by atoms with Crippen LogP contribution in [0.15, 0.2) is 65.8 Å². The topological polar surface area (TPSA) is 134 Å². The molecule has 2 aromatic rings. The second-order valence-electron chi connectivity index (χ2n) is 9.60. The van der Waals surface area contributed by atoms with Crippen molar-refractivity contribution in [3.8, 4) is 0 Å². The molecule has 1 aliphatic rings. The van der Waals surface area contributed by atoms with Crippen LogP contribution in [0.1, 0.15) is 62.5 Å². The predicted octanol–water partition coefficient (Wildman–Crippen LogP) is 6.30. The maximum Gasteiger partial charge on any atom is 0.416 e. The van der Waals surface area contributed by atoms with Gasteiger partial charge in [-0.15, -0.1) is 0 Å². The summed E-state index contributed by atoms with van der Waals surface area (Å²) in [6, 6.07) is 17.8. The summed E-state index contributed by atoms with van der Waals surface area (Å²) in [5, 5.41) is 6.47. The van der Waals surface area contributed by atoms with Gasteiger partial charge < -0.3 is 14.8 Å². The fraction of sp³-hybridized carbons (Fsp3) is 0.483. The highest BCUT2D eigenvalue weighted by Crippen LogP contribution is 2.21. The third-order valence-electron chi connectivity index (χ3n) is 6.63. The number of hydrogen-bond donors (Lipinski definition) is 1. The first-order valence-corrected chi connectivity index (χ1v) is 13.6. The van der Waals surface area contributed by atoms with Crippen LogP contribution in [0.5, 0.6) is 0 Å². The monoisotopic (exact) mass is 535 g/mol. The van der Waals surface area contributed by atoms with Crippen molar-refractivity contribution in [3.63, 3.8) is 0 Å². The van der Waals surface area contributed by atoms with Gasteiger partial charge in [0.2, 0.25) is 5.91 Å². The highest BCUT2D eigenvalue weighted by atomic mass is 16.6. The van der Waals surface area contributed by atoms with E-state index < -0.39 is 30.2 Å². The Balaban J connectivity index is 1.27. The minimum atomic E-state index is -0.924. The molecule has 1 aliphatic heterocycles. The molecule has 1 N–H and O–H groups in total. The van der Waals surface area contributed by atoms with Crippen molar-refractivity contribution in [1.82, 2.24) is 10.2 Å². The Morgan fingerprint density at radius 2 is 1.59 bits per heavy atom. The number of rotatable bonds is 16. The van der Waals surface area contributed by atoms with Gasteiger partial charge in [0, 0.05) is 11.5 Å². The van der Waals surface area contributed by atoms with Gasteiger partial charge in [0.05, 0.1) is 6.04 Å². The van der Waals surface area contributed by atoms with Gasteiger partial charge in [-0.3, -0.25) is 4.79 Å². The zero-order chi connectivity index (χ0) is 27.7. The van der Waals surface area contributed by atoms with Gasteiger partial charge in [0.25, 0.3) is 0 Å². The average molecular weight is 536 g/mol. The highest BCUT2D eigenvalue weighted by Gasteiger charge is 2.40. The van der Waals surface area contributed by atoms with E-state index in [4.69, 9.17) is 15.0 Å². The quantitative estimate of drug-likeness (QED) is 0.116. The van der Waals surface area contributed by atoms with E-state index in [9.17, 15) is 14.4 Å². The summed E-state index contributed by atoms with van der Waals surface area (Å²) in [5.74, 6) is -0.494. The number of amides is 3. The second kappa shape index (κ2) is 16.7. The van der Waals surface area contributed by atoms with Crippen molar-refractivity contribution in [2.75, 3.05) is 13.2 Å². The first kappa shape index (κ1) is 29.5. The van der Waals surface area contributed by atoms with Crippen molar-refractivity contribution in [1.29, 1.82) is 0 Å². The van der Waals surface area contributed by atoms with Crippen LogP contribution < -0.4 is 5.32 Å². The number of unbranched alkanes of at least 4 members (excludes halogenated alkanes) is 6. The molecule has 10 heteroatoms. The van der Waals surface area contributed by atoms with Crippen LogP contribution in [-0.4, -0.2) is 48.2 Å². The molecule has 0 unspecified atom stereocenters. The van der Waals surface area contributed by atoms with Gasteiger partial charge in [0.15, 0.2) is 0 Å². The summed E-state index contributed by atoms with van der Waals surface area (Å²) in [5.41, 5.74) is 10.9. The first-order valence-electron chi connectivity index (χ1n) is 13.6. The molecule has 10 nitrogen and oxygen atoms in total. The Morgan fingerprint density at radius 3 is 2.26 bits per heavy atom. The van der Waals surface area contributed by atoms with Gasteiger partial charge in [-0.2, -0.15) is 0 Å². The Morgan fingerprint density at radius 1 is 0.974 bits per heavy atom. The molecule has 3 rings (SSSR count). The van der Waals surface area contributed by atoms with Crippen molar-refractivity contribution in [2.45, 2.75) is 76.5 Å². The Hall–Kier alpha value is -4.04. The van der Waals surface area contributed by atoms with E-state index in [2.05, 4.69) is 15.3 Å². The molecule has 208 valence electrons. The van der Waals surface area contributed by atoms with Crippen molar-refractivity contribution in [3.05, 3.63) is 82.2 Å². The van der Waals surface area contributed by atoms with Crippen LogP contribution in [0.4, 0.5) is 9.59 Å². The SMILES string of the molecule is [N-]=[N+]=N[C@@H](CCCCCCCCCNC(=O)OCc1ccccc1)C(=O)N1C(=O)OC[C@@H]1Cc1ccccc1. The molecule has 0 bridgehead atoms. The molecule has 0 aliphatic carbocycles. The molecule has 1 saturated heterocycles. The van der Waals surface area contributed by atoms with Gasteiger partial charge in [0.1, 0.15) is 19.3 Å². The van der Waals surface area contributed by atoms with Gasteiger partial charge in [-0.1, -0.05) is 104 Å². The standard InChI is InChI=1S/C29H37N5O5/c30-33-32-26(27(35)34-25(22-39-29(34)37)20-23-14-8-6-9-15-23)18-12-4-2-1-3-5-13-19-31-28(36)38-21-24-16-10-7-11-17-24/h6-11,14-17,25-26H,1-5,12-13,18-22H2,(H,31,36)/t25-,26-/m0/s1. The number of nitrogens with one attached hydrogen (secondary N) is 1. The summed E-state index contributed by atoms with van der Waals surface area (Å²) in [6.07, 6.45) is 6.36. The van der Waals surface area contributed by atoms with E-state index in [1.165, 1.54) is 0 Å². The van der Waals surface area contributed by atoms with Crippen LogP contribution in [-0.2, 0) is 27.3 Å². The number of hydrogen-bond acceptors (Lipinski definition) is 6. The summed E-state index contributed by atoms with van der Waals surface area (Å²) in [7, 11) is 0. The first-order chi connectivity index (χ1) is 19.1. The molecule has 1 fully saturated rings. The van der Waals surface area contributed by atoms with E-state index in [1.54, 1.807) is 0 Å². The van der Waals surface area contributed by atoms with Gasteiger partial charge in [-0.25, -0.2) is 14.5 Å². The Labute approximate surface area is 229 Å². The van der Waals surface area contributed by atoms with Crippen molar-refractivity contribution >= 4 is 18.1 Å². The van der Waals surface area contributed by atoms with Crippen molar-refractivity contribution in [2.24, 2.45) is 5.11 Å². The number of carbonyl (C=O) groups excluding carboxylic acids is 3. The van der Waals surface area contributed by atoms with Crippen LogP contribution in [0.25, 0.3) is 10.4 Å². The normalized spacial score (nSPS) is 15.2. The summed E-state index contributed by atoms with van der Waals surface area (Å²) in [4.78, 5) is 41.1. The van der Waals surface area contributed by atoms with Crippen LogP contribution in [0.3, 0.4) is 0 Å². The minimum Gasteiger partial charge on any atom is -0.447 e. The lowest BCUT2D eigenvalue weighted by molar-refractivity contribution is -0.130. The number of benzene rings is 2. The summed E-state index contributed by atoms with van der Waals surface area (Å²) < 4.78 is 10.3. The lowest BCUT2D eigenvalue weighted by Crippen LogP contribution is -2.45. The number of cyclic esters (lactones) is 1. The zero-order valence-corrected chi connectivity index (χ0v) is 22.2. The number of alkyl carbamates (subject to hydrolysis) is 1. The number of imide groups is 1. The van der Waals surface area contributed by atoms with E-state index in [0.29, 0.717) is 19.4 Å². The Bertz CT molecular complexity index is 1090. The number of carbonyl (C=O) groups is 3. The van der Waals surface area contributed by atoms with Gasteiger partial charge >= 0.3 is 12.2 Å². The number of nitrogens with zero attached hydrogens (tertiary/aromatic N) is 4. The largest absolute Gasteiger partial charge is 0.447 e. The molecule has 0 aromatic heterocycles. The lowest BCUT2D eigenvalue weighted by atomic mass is 10.0. The molecule has 0 spiro atoms. The lowest BCUT2D eigenvalue weighted by Gasteiger charge is -2.22. The van der Waals surface area contributed by atoms with E-state index >= 15 is 0 Å². The third-order valence-corrected chi connectivity index (χ3v) is 6.63. The molecule has 2 atom stereocenters. The number of azide groups is 1. The molecular weight excluding hydrogens is 498 g/mol. The molecule has 0 saturated carbocycles. The molecule has 1 heterocycles. The maximum atomic E-state index is 13.1. The molecule has 0 radical (unpaired) electrons. The van der Waals surface area contributed by atoms with E-state index in [-0.39, 0.29) is 13.2 Å². The second-order valence-corrected chi connectivity index (χ2v) is 9.60. The average Bonchev–Trinajstić information content (AvgIpc) is 3.32. The van der Waals surface area contributed by atoms with Crippen LogP contribution in [0, 0.1) is 0 Å². The Kier molecular flexibility index (Phi) is 12.7. The predicted molar refractivity (Wildman–Crippen MR) is 147 cm³/mol. The number of ether oxygens (including phenoxy) is 2. The van der Waals surface area contributed by atoms with Gasteiger partial charge in [-0.05, 0) is 35.9 Å². The zero-order valence-electron chi connectivity index (χ0n) is 22.2. The molecule has 39 heavy (non-hydrogen) atoms. The van der Waals surface area contributed by atoms with Crippen LogP contribution in [0.2, 0.25) is 0 Å². The fourth-order valence-corrected chi connectivity index (χ4v) is 4.53. The smallest absolute Gasteiger partial charge is 0.416 e. The fourth-order valence-electron chi connectivity index (χ4n) is 4.53. The third kappa shape index (κ3) is 10.3. The van der Waals surface area contributed by atoms with E-state index in [1.807, 2.05) is 60.7 Å². The van der Waals surface area contributed by atoms with Crippen LogP contribution >= 0.6 is 0 Å². The summed E-state index contributed by atoms with van der Waals surface area (Å²) in [6.45, 7) is 0.968. The molecular formula is C29H37N5O5. The summed E-state index contributed by atoms with van der Waals surface area (Å²) >= 11 is 0. The molecule has 3 amide bonds. The van der Waals surface area contributed by atoms with Crippen molar-refractivity contribution < 1.29 is 23.9 Å². The highest BCUT2D eigenvalue weighted by molar-refractivity contribution is 5.96. The minimum absolute atomic E-state index is 0.132. The molecule has 2 aromatic carbocycles. The van der Waals surface area contributed by atoms with E-state index in [0.717, 1.165) is 61.0 Å². The maximum absolute atomic E-state index is 13.1.